The lowest BCUT2D eigenvalue weighted by atomic mass is 10.0. The Morgan fingerprint density at radius 2 is 2.16 bits per heavy atom. The number of nitrogens with two attached hydrogens (primary N) is 1. The third kappa shape index (κ3) is 3.69. The van der Waals surface area contributed by atoms with E-state index in [2.05, 4.69) is 23.8 Å². The normalized spacial score (nSPS) is 31.4. The molecule has 1 aliphatic carbocycles. The maximum absolute atomic E-state index is 12.4. The molecular weight excluding hydrogens is 238 g/mol. The number of rotatable bonds is 5. The second-order valence-corrected chi connectivity index (χ2v) is 6.40. The molecule has 2 N–H and O–H groups in total. The van der Waals surface area contributed by atoms with Crippen molar-refractivity contribution in [2.75, 3.05) is 33.2 Å². The molecule has 0 aromatic heterocycles. The highest BCUT2D eigenvalue weighted by molar-refractivity contribution is 5.80. The lowest BCUT2D eigenvalue weighted by Crippen LogP contribution is -2.41. The monoisotopic (exact) mass is 267 g/mol. The van der Waals surface area contributed by atoms with Crippen molar-refractivity contribution in [3.63, 3.8) is 0 Å². The molecule has 0 spiro atoms. The summed E-state index contributed by atoms with van der Waals surface area (Å²) in [6, 6.07) is 0.106. The lowest BCUT2D eigenvalue weighted by molar-refractivity contribution is -0.134. The molecule has 0 aromatic carbocycles. The molecule has 19 heavy (non-hydrogen) atoms. The van der Waals surface area contributed by atoms with Gasteiger partial charge in [0.2, 0.25) is 5.91 Å². The van der Waals surface area contributed by atoms with E-state index < -0.39 is 0 Å². The second-order valence-electron chi connectivity index (χ2n) is 6.40. The third-order valence-electron chi connectivity index (χ3n) is 4.66. The van der Waals surface area contributed by atoms with Gasteiger partial charge >= 0.3 is 0 Å². The standard InChI is InChI=1S/C15H29N3O/c1-3-8-17(2)10-12-7-9-18(11-12)15(19)13-5-4-6-14(13)16/h12-14H,3-11,16H2,1-2H3/t12-,13-,14+/m0/s1. The van der Waals surface area contributed by atoms with Crippen LogP contribution >= 0.6 is 0 Å². The number of likely N-dealkylation sites (tertiary alicyclic amines) is 1. The van der Waals surface area contributed by atoms with Crippen molar-refractivity contribution in [1.82, 2.24) is 9.80 Å². The molecule has 3 atom stereocenters. The van der Waals surface area contributed by atoms with E-state index in [0.29, 0.717) is 11.8 Å². The van der Waals surface area contributed by atoms with Crippen molar-refractivity contribution in [1.29, 1.82) is 0 Å². The van der Waals surface area contributed by atoms with E-state index in [9.17, 15) is 4.79 Å². The zero-order valence-electron chi connectivity index (χ0n) is 12.5. The molecule has 1 saturated heterocycles. The van der Waals surface area contributed by atoms with Gasteiger partial charge in [0.1, 0.15) is 0 Å². The molecule has 1 aliphatic heterocycles. The molecule has 2 fully saturated rings. The molecule has 4 heteroatoms. The van der Waals surface area contributed by atoms with Crippen molar-refractivity contribution < 1.29 is 4.79 Å². The minimum Gasteiger partial charge on any atom is -0.342 e. The topological polar surface area (TPSA) is 49.6 Å². The summed E-state index contributed by atoms with van der Waals surface area (Å²) in [5.74, 6) is 1.08. The highest BCUT2D eigenvalue weighted by atomic mass is 16.2. The molecule has 0 unspecified atom stereocenters. The predicted octanol–water partition coefficient (Wildman–Crippen LogP) is 1.30. The van der Waals surface area contributed by atoms with Crippen molar-refractivity contribution >= 4 is 5.91 Å². The first-order valence-electron chi connectivity index (χ1n) is 7.84. The Kier molecular flexibility index (Phi) is 5.22. The number of hydrogen-bond donors (Lipinski definition) is 1. The van der Waals surface area contributed by atoms with Crippen LogP contribution in [0.5, 0.6) is 0 Å². The van der Waals surface area contributed by atoms with Crippen LogP contribution in [0.1, 0.15) is 39.0 Å². The minimum atomic E-state index is 0.104. The Labute approximate surface area is 117 Å². The van der Waals surface area contributed by atoms with Gasteiger partial charge in [0, 0.05) is 25.7 Å². The zero-order chi connectivity index (χ0) is 13.8. The molecule has 0 radical (unpaired) electrons. The summed E-state index contributed by atoms with van der Waals surface area (Å²) in [4.78, 5) is 16.9. The molecule has 2 aliphatic rings. The van der Waals surface area contributed by atoms with E-state index in [-0.39, 0.29) is 12.0 Å². The van der Waals surface area contributed by atoms with Crippen molar-refractivity contribution in [2.24, 2.45) is 17.6 Å². The van der Waals surface area contributed by atoms with E-state index in [1.54, 1.807) is 0 Å². The minimum absolute atomic E-state index is 0.104. The van der Waals surface area contributed by atoms with Crippen molar-refractivity contribution in [3.8, 4) is 0 Å². The van der Waals surface area contributed by atoms with E-state index in [4.69, 9.17) is 5.73 Å². The molecule has 2 rings (SSSR count). The number of carbonyl (C=O) groups excluding carboxylic acids is 1. The van der Waals surface area contributed by atoms with Crippen molar-refractivity contribution in [2.45, 2.75) is 45.1 Å². The Bertz CT molecular complexity index is 308. The Balaban J connectivity index is 1.79. The Morgan fingerprint density at radius 1 is 1.37 bits per heavy atom. The summed E-state index contributed by atoms with van der Waals surface area (Å²) in [6.45, 7) is 6.36. The first kappa shape index (κ1) is 14.8. The van der Waals surface area contributed by atoms with Crippen LogP contribution in [0.4, 0.5) is 0 Å². The van der Waals surface area contributed by atoms with Gasteiger partial charge in [-0.15, -0.1) is 0 Å². The average molecular weight is 267 g/mol. The molecule has 1 amide bonds. The third-order valence-corrected chi connectivity index (χ3v) is 4.66. The van der Waals surface area contributed by atoms with Crippen LogP contribution < -0.4 is 5.73 Å². The van der Waals surface area contributed by atoms with Crippen LogP contribution in [-0.2, 0) is 4.79 Å². The van der Waals surface area contributed by atoms with Gasteiger partial charge < -0.3 is 15.5 Å². The molecule has 0 aromatic rings. The van der Waals surface area contributed by atoms with Crippen LogP contribution in [0, 0.1) is 11.8 Å². The SMILES string of the molecule is CCCN(C)C[C@@H]1CCN(C(=O)[C@H]2CCC[C@H]2N)C1. The van der Waals surface area contributed by atoms with Gasteiger partial charge in [0.05, 0.1) is 5.92 Å². The fourth-order valence-electron chi connectivity index (χ4n) is 3.63. The second kappa shape index (κ2) is 6.71. The molecule has 110 valence electrons. The highest BCUT2D eigenvalue weighted by Gasteiger charge is 2.36. The summed E-state index contributed by atoms with van der Waals surface area (Å²) in [5.41, 5.74) is 6.05. The first-order valence-corrected chi connectivity index (χ1v) is 7.84. The smallest absolute Gasteiger partial charge is 0.227 e. The number of amides is 1. The van der Waals surface area contributed by atoms with Gasteiger partial charge in [-0.25, -0.2) is 0 Å². The van der Waals surface area contributed by atoms with Crippen molar-refractivity contribution in [3.05, 3.63) is 0 Å². The molecule has 1 saturated carbocycles. The maximum atomic E-state index is 12.4. The van der Waals surface area contributed by atoms with E-state index >= 15 is 0 Å². The van der Waals surface area contributed by atoms with Crippen LogP contribution in [0.3, 0.4) is 0 Å². The van der Waals surface area contributed by atoms with Gasteiger partial charge in [-0.3, -0.25) is 4.79 Å². The Morgan fingerprint density at radius 3 is 2.79 bits per heavy atom. The van der Waals surface area contributed by atoms with Gasteiger partial charge in [-0.2, -0.15) is 0 Å². The number of carbonyl (C=O) groups is 1. The summed E-state index contributed by atoms with van der Waals surface area (Å²) in [6.07, 6.45) is 5.49. The summed E-state index contributed by atoms with van der Waals surface area (Å²) >= 11 is 0. The van der Waals surface area contributed by atoms with Gasteiger partial charge in [-0.1, -0.05) is 13.3 Å². The number of hydrogen-bond acceptors (Lipinski definition) is 3. The van der Waals surface area contributed by atoms with Crippen LogP contribution in [0.2, 0.25) is 0 Å². The molecule has 1 heterocycles. The maximum Gasteiger partial charge on any atom is 0.227 e. The molecular formula is C15H29N3O. The quantitative estimate of drug-likeness (QED) is 0.817. The first-order chi connectivity index (χ1) is 9.11. The van der Waals surface area contributed by atoms with Crippen LogP contribution in [0.15, 0.2) is 0 Å². The summed E-state index contributed by atoms with van der Waals surface area (Å²) in [7, 11) is 2.18. The lowest BCUT2D eigenvalue weighted by Gasteiger charge is -2.24. The van der Waals surface area contributed by atoms with Crippen LogP contribution in [-0.4, -0.2) is 55.0 Å². The number of nitrogens with zero attached hydrogens (tertiary/aromatic N) is 2. The van der Waals surface area contributed by atoms with E-state index in [1.165, 1.54) is 6.42 Å². The molecule has 0 bridgehead atoms. The van der Waals surface area contributed by atoms with E-state index in [0.717, 1.165) is 51.9 Å². The highest BCUT2D eigenvalue weighted by Crippen LogP contribution is 2.28. The average Bonchev–Trinajstić information content (AvgIpc) is 2.98. The summed E-state index contributed by atoms with van der Waals surface area (Å²) < 4.78 is 0. The largest absolute Gasteiger partial charge is 0.342 e. The molecule has 4 nitrogen and oxygen atoms in total. The predicted molar refractivity (Wildman–Crippen MR) is 77.8 cm³/mol. The Hall–Kier alpha value is -0.610. The van der Waals surface area contributed by atoms with Gasteiger partial charge in [-0.05, 0) is 45.2 Å². The fraction of sp³-hybridized carbons (Fsp3) is 0.933. The zero-order valence-corrected chi connectivity index (χ0v) is 12.5. The van der Waals surface area contributed by atoms with Gasteiger partial charge in [0.15, 0.2) is 0 Å². The van der Waals surface area contributed by atoms with Gasteiger partial charge in [0.25, 0.3) is 0 Å². The summed E-state index contributed by atoms with van der Waals surface area (Å²) in [5, 5.41) is 0. The van der Waals surface area contributed by atoms with Crippen LogP contribution in [0.25, 0.3) is 0 Å². The van der Waals surface area contributed by atoms with E-state index in [1.807, 2.05) is 0 Å². The fourth-order valence-corrected chi connectivity index (χ4v) is 3.63.